The van der Waals surface area contributed by atoms with Gasteiger partial charge < -0.3 is 115 Å². The van der Waals surface area contributed by atoms with Gasteiger partial charge in [0.05, 0.1) is 18.7 Å². The quantitative estimate of drug-likeness (QED) is 0.0167. The summed E-state index contributed by atoms with van der Waals surface area (Å²) in [5, 5.41) is 31.5. The van der Waals surface area contributed by atoms with Crippen LogP contribution in [0.3, 0.4) is 0 Å². The summed E-state index contributed by atoms with van der Waals surface area (Å²) in [4.78, 5) is 148. The summed E-state index contributed by atoms with van der Waals surface area (Å²) >= 11 is 0. The van der Waals surface area contributed by atoms with E-state index in [1.165, 1.54) is 25.0 Å². The molecule has 0 bridgehead atoms. The van der Waals surface area contributed by atoms with Crippen molar-refractivity contribution in [2.75, 3.05) is 45.8 Å². The second-order valence-electron chi connectivity index (χ2n) is 21.3. The van der Waals surface area contributed by atoms with Crippen molar-refractivity contribution in [3.05, 3.63) is 36.4 Å². The lowest BCUT2D eigenvalue weighted by Crippen LogP contribution is -2.60. The molecule has 0 radical (unpaired) electrons. The minimum absolute atomic E-state index is 0.0137. The highest BCUT2D eigenvalue weighted by atomic mass is 16.4. The average molecular weight is 1250 g/mol. The Hall–Kier alpha value is -8.05. The lowest BCUT2D eigenvalue weighted by atomic mass is 10.0. The van der Waals surface area contributed by atoms with Crippen LogP contribution in [0.5, 0.6) is 0 Å². The Bertz CT molecular complexity index is 2440. The SMILES string of the molecule is NCCCC[C@H](NC(=O)[C@H](CCCN=C(N)N)NC(=O)[C@H](CCCCN)NC(=O)[C@H](CCCCN)NC(=O)[C@H](CCCCN)NC(=O)[C@H](CCCN=C(N)N)NC(=O)[C@H](CCCCN)NC(=O)[C@H](Cc1cnc[nH]1)NC(=O)[C@@H](N)Cc1cnc[nH]1)C(=O)O. The fourth-order valence-corrected chi connectivity index (χ4v) is 9.08. The van der Waals surface area contributed by atoms with E-state index < -0.39 is 108 Å². The predicted molar refractivity (Wildman–Crippen MR) is 330 cm³/mol. The molecule has 0 fully saturated rings. The Balaban J connectivity index is 2.53. The second kappa shape index (κ2) is 44.4. The number of nitrogens with one attached hydrogen (secondary N) is 10. The van der Waals surface area contributed by atoms with Gasteiger partial charge in [0.15, 0.2) is 11.9 Å². The molecule has 2 heterocycles. The Morgan fingerprint density at radius 2 is 0.648 bits per heavy atom. The van der Waals surface area contributed by atoms with E-state index in [2.05, 4.69) is 72.5 Å². The van der Waals surface area contributed by atoms with E-state index in [-0.39, 0.29) is 122 Å². The second-order valence-corrected chi connectivity index (χ2v) is 21.3. The van der Waals surface area contributed by atoms with Gasteiger partial charge in [0.2, 0.25) is 47.3 Å². The fourth-order valence-electron chi connectivity index (χ4n) is 9.08. The van der Waals surface area contributed by atoms with E-state index in [1.54, 1.807) is 0 Å². The molecule has 0 unspecified atom stereocenters. The number of carbonyl (C=O) groups excluding carboxylic acids is 8. The van der Waals surface area contributed by atoms with Gasteiger partial charge in [-0.2, -0.15) is 0 Å². The van der Waals surface area contributed by atoms with Crippen molar-refractivity contribution in [3.63, 3.8) is 0 Å². The minimum atomic E-state index is -1.37. The number of imidazole rings is 2. The van der Waals surface area contributed by atoms with E-state index in [4.69, 9.17) is 57.3 Å². The standard InChI is InChI=1S/C54H100N24O10/c55-20-6-1-13-36(45(80)72-38(15-3-8-22-57)47(82)75-41(19-12-26-68-54(63)64)50(85)77-42(52(87)88)17-5-10-24-59)71-46(81)37(14-2-7-21-56)73-49(84)40(18-11-25-67-53(61)62)74-48(83)39(16-4-9-23-58)76-51(86)43(28-34-30-66-32-70-34)78-44(79)35(60)27-33-29-65-31-69-33/h29-32,35-43H,1-28,55-60H2,(H,65,69)(H,66,70)(H,71,81)(H,72,80)(H,73,84)(H,74,83)(H,75,82)(H,76,86)(H,77,85)(H,78,79)(H,87,88)(H4,61,62,67)(H4,63,64,68)/t35-,36-,37-,38-,39-,40-,41-,42-,43-/m0/s1. The number of H-pyrrole nitrogens is 2. The molecule has 8 amide bonds. The Labute approximate surface area is 513 Å². The van der Waals surface area contributed by atoms with Crippen molar-refractivity contribution in [2.24, 2.45) is 67.3 Å². The van der Waals surface area contributed by atoms with Crippen LogP contribution in [-0.2, 0) is 56.0 Å². The van der Waals surface area contributed by atoms with E-state index >= 15 is 0 Å². The number of rotatable bonds is 49. The molecule has 0 aliphatic carbocycles. The summed E-state index contributed by atoms with van der Waals surface area (Å²) in [6, 6.07) is -11.6. The molecule has 9 atom stereocenters. The number of nitrogens with zero attached hydrogens (tertiary/aromatic N) is 4. The van der Waals surface area contributed by atoms with E-state index in [0.717, 1.165) is 0 Å². The molecule has 2 aromatic rings. The first kappa shape index (κ1) is 76.0. The van der Waals surface area contributed by atoms with Crippen LogP contribution >= 0.6 is 0 Å². The van der Waals surface area contributed by atoms with Gasteiger partial charge >= 0.3 is 5.97 Å². The van der Waals surface area contributed by atoms with Crippen molar-refractivity contribution in [2.45, 2.75) is 189 Å². The number of hydrogen-bond acceptors (Lipinski definition) is 19. The number of aliphatic carboxylic acids is 1. The number of carbonyl (C=O) groups is 9. The monoisotopic (exact) mass is 1240 g/mol. The van der Waals surface area contributed by atoms with Crippen LogP contribution in [0.4, 0.5) is 0 Å². The lowest BCUT2D eigenvalue weighted by Gasteiger charge is -2.28. The highest BCUT2D eigenvalue weighted by Gasteiger charge is 2.35. The molecule has 34 nitrogen and oxygen atoms in total. The number of aliphatic imine (C=N–C) groups is 2. The van der Waals surface area contributed by atoms with Gasteiger partial charge in [0, 0.05) is 49.7 Å². The Morgan fingerprint density at radius 3 is 0.920 bits per heavy atom. The van der Waals surface area contributed by atoms with Gasteiger partial charge in [-0.25, -0.2) is 14.8 Å². The molecule has 2 rings (SSSR count). The number of hydrogen-bond donors (Lipinski definition) is 21. The first-order valence-corrected chi connectivity index (χ1v) is 30.1. The Morgan fingerprint density at radius 1 is 0.386 bits per heavy atom. The van der Waals surface area contributed by atoms with Gasteiger partial charge in [-0.1, -0.05) is 0 Å². The van der Waals surface area contributed by atoms with Crippen molar-refractivity contribution in [3.8, 4) is 0 Å². The van der Waals surface area contributed by atoms with Crippen molar-refractivity contribution in [1.29, 1.82) is 0 Å². The lowest BCUT2D eigenvalue weighted by molar-refractivity contribution is -0.142. The summed E-state index contributed by atoms with van der Waals surface area (Å²) in [6.07, 6.45) is 10.3. The average Bonchev–Trinajstić information content (AvgIpc) is 4.35. The van der Waals surface area contributed by atoms with Gasteiger partial charge in [-0.3, -0.25) is 48.3 Å². The summed E-state index contributed by atoms with van der Waals surface area (Å²) in [5.41, 5.74) is 58.4. The Kier molecular flexibility index (Phi) is 38.4. The van der Waals surface area contributed by atoms with Crippen LogP contribution in [0.2, 0.25) is 0 Å². The van der Waals surface area contributed by atoms with Crippen LogP contribution in [0.1, 0.15) is 133 Å². The van der Waals surface area contributed by atoms with Crippen molar-refractivity contribution < 1.29 is 48.3 Å². The molecule has 496 valence electrons. The maximum atomic E-state index is 14.6. The first-order valence-electron chi connectivity index (χ1n) is 30.1. The van der Waals surface area contributed by atoms with Crippen LogP contribution in [0.25, 0.3) is 0 Å². The van der Waals surface area contributed by atoms with Crippen LogP contribution < -0.4 is 99.9 Å². The molecule has 88 heavy (non-hydrogen) atoms. The summed E-state index contributed by atoms with van der Waals surface area (Å²) in [6.45, 7) is 1.41. The normalized spacial score (nSPS) is 14.2. The number of aromatic amines is 2. The minimum Gasteiger partial charge on any atom is -0.480 e. The third-order valence-corrected chi connectivity index (χ3v) is 14.0. The topological polar surface area (TPSA) is 612 Å². The first-order chi connectivity index (χ1) is 42.2. The molecular formula is C54H100N24O10. The zero-order chi connectivity index (χ0) is 65.2. The van der Waals surface area contributed by atoms with Gasteiger partial charge in [-0.05, 0) is 155 Å². The number of amides is 8. The van der Waals surface area contributed by atoms with Crippen molar-refractivity contribution >= 4 is 65.1 Å². The van der Waals surface area contributed by atoms with E-state index in [9.17, 15) is 48.3 Å². The number of carboxylic acid groups (broad SMARTS) is 1. The van der Waals surface area contributed by atoms with Crippen molar-refractivity contribution in [1.82, 2.24) is 62.5 Å². The molecule has 0 spiro atoms. The maximum absolute atomic E-state index is 14.6. The molecular weight excluding hydrogens is 1140 g/mol. The molecule has 34 heteroatoms. The fraction of sp³-hybridized carbons (Fsp3) is 0.685. The third-order valence-electron chi connectivity index (χ3n) is 14.0. The van der Waals surface area contributed by atoms with Crippen LogP contribution in [-0.4, -0.2) is 190 Å². The molecule has 0 saturated carbocycles. The van der Waals surface area contributed by atoms with Gasteiger partial charge in [-0.15, -0.1) is 0 Å². The van der Waals surface area contributed by atoms with Gasteiger partial charge in [0.25, 0.3) is 0 Å². The van der Waals surface area contributed by atoms with Crippen LogP contribution in [0.15, 0.2) is 35.0 Å². The third kappa shape index (κ3) is 31.6. The summed E-state index contributed by atoms with van der Waals surface area (Å²) in [7, 11) is 0. The van der Waals surface area contributed by atoms with E-state index in [0.29, 0.717) is 82.1 Å². The van der Waals surface area contributed by atoms with E-state index in [1.807, 2.05) is 0 Å². The summed E-state index contributed by atoms with van der Waals surface area (Å²) < 4.78 is 0. The van der Waals surface area contributed by atoms with Gasteiger partial charge in [0.1, 0.15) is 48.3 Å². The molecule has 0 aliphatic heterocycles. The molecule has 0 saturated heterocycles. The number of guanidine groups is 2. The zero-order valence-electron chi connectivity index (χ0n) is 50.5. The zero-order valence-corrected chi connectivity index (χ0v) is 50.5. The number of nitrogens with two attached hydrogens (primary N) is 10. The molecule has 31 N–H and O–H groups in total. The van der Waals surface area contributed by atoms with Crippen LogP contribution in [0, 0.1) is 0 Å². The maximum Gasteiger partial charge on any atom is 0.326 e. The smallest absolute Gasteiger partial charge is 0.326 e. The number of unbranched alkanes of at least 4 members (excludes halogenated alkanes) is 5. The molecule has 0 aliphatic rings. The number of aromatic nitrogens is 4. The molecule has 0 aromatic carbocycles. The number of carboxylic acids is 1. The predicted octanol–water partition coefficient (Wildman–Crippen LogP) is -6.04. The highest BCUT2D eigenvalue weighted by Crippen LogP contribution is 2.13. The molecule has 2 aromatic heterocycles. The summed E-state index contributed by atoms with van der Waals surface area (Å²) in [5.74, 6) is -7.94. The highest BCUT2D eigenvalue weighted by molar-refractivity contribution is 5.98. The largest absolute Gasteiger partial charge is 0.480 e.